The van der Waals surface area contributed by atoms with Crippen LogP contribution in [0, 0.1) is 0 Å². The minimum absolute atomic E-state index is 0. The number of hydrogen-bond donors (Lipinski definition) is 2. The summed E-state index contributed by atoms with van der Waals surface area (Å²) in [5.74, 6) is 0.814. The number of hydrogen-bond acceptors (Lipinski definition) is 7. The summed E-state index contributed by atoms with van der Waals surface area (Å²) in [5.41, 5.74) is 0. The third-order valence-corrected chi connectivity index (χ3v) is 3.74. The van der Waals surface area contributed by atoms with Crippen LogP contribution in [-0.4, -0.2) is 61.3 Å². The number of nitrogens with one attached hydrogen (secondary N) is 1. The molecule has 0 aliphatic heterocycles. The summed E-state index contributed by atoms with van der Waals surface area (Å²) >= 11 is 0. The predicted molar refractivity (Wildman–Crippen MR) is 74.2 cm³/mol. The Kier molecular flexibility index (Phi) is 11.6. The fraction of sp³-hybridized carbons (Fsp3) is 0.667. The average molecular weight is 344 g/mol. The van der Waals surface area contributed by atoms with Gasteiger partial charge in [0.2, 0.25) is 0 Å². The number of furan rings is 1. The molecule has 1 atom stereocenters. The molecule has 0 saturated heterocycles. The van der Waals surface area contributed by atoms with Gasteiger partial charge in [-0.05, 0) is 12.1 Å². The van der Waals surface area contributed by atoms with Crippen molar-refractivity contribution in [2.24, 2.45) is 0 Å². The fourth-order valence-electron chi connectivity index (χ4n) is 1.65. The maximum atomic E-state index is 10.8. The maximum Gasteiger partial charge on any atom is 1.00 e. The second kappa shape index (κ2) is 11.5. The third-order valence-electron chi connectivity index (χ3n) is 2.70. The molecule has 1 rings (SSSR count). The first-order valence-corrected chi connectivity index (χ1v) is 8.00. The van der Waals surface area contributed by atoms with Crippen molar-refractivity contribution >= 4 is 10.3 Å². The number of aliphatic hydroxyl groups is 1. The van der Waals surface area contributed by atoms with Crippen LogP contribution in [0.4, 0.5) is 0 Å². The Morgan fingerprint density at radius 1 is 1.55 bits per heavy atom. The van der Waals surface area contributed by atoms with Crippen LogP contribution in [0.15, 0.2) is 22.8 Å². The molecule has 0 fully saturated rings. The van der Waals surface area contributed by atoms with Crippen LogP contribution in [0.25, 0.3) is 0 Å². The summed E-state index contributed by atoms with van der Waals surface area (Å²) in [5, 5.41) is 12.7. The molecule has 1 aromatic heterocycles. The van der Waals surface area contributed by atoms with Crippen LogP contribution in [0.3, 0.4) is 0 Å². The Morgan fingerprint density at radius 3 is 2.82 bits per heavy atom. The Hall–Kier alpha value is 0.0300. The molecule has 0 spiro atoms. The van der Waals surface area contributed by atoms with E-state index in [1.807, 2.05) is 6.07 Å². The normalized spacial score (nSPS) is 13.1. The molecule has 22 heavy (non-hydrogen) atoms. The number of ether oxygens (including phenoxy) is 1. The smallest absolute Gasteiger partial charge is 0.735 e. The van der Waals surface area contributed by atoms with Gasteiger partial charge in [0.15, 0.2) is 10.3 Å². The molecule has 1 aromatic rings. The summed E-state index contributed by atoms with van der Waals surface area (Å²) in [6, 6.07) is 3.65. The average Bonchev–Trinajstić information content (AvgIpc) is 2.91. The monoisotopic (exact) mass is 344 g/mol. The van der Waals surface area contributed by atoms with Crippen molar-refractivity contribution in [1.82, 2.24) is 9.62 Å². The molecular formula is C12H21N2NaO6S. The molecule has 0 aromatic carbocycles. The van der Waals surface area contributed by atoms with Crippen molar-refractivity contribution in [3.63, 3.8) is 0 Å². The fourth-order valence-corrected chi connectivity index (χ4v) is 2.33. The van der Waals surface area contributed by atoms with E-state index in [0.717, 1.165) is 5.76 Å². The van der Waals surface area contributed by atoms with E-state index in [4.69, 9.17) is 9.15 Å². The van der Waals surface area contributed by atoms with Crippen molar-refractivity contribution in [3.05, 3.63) is 24.2 Å². The third kappa shape index (κ3) is 9.23. The summed E-state index contributed by atoms with van der Waals surface area (Å²) < 4.78 is 43.5. The zero-order valence-corrected chi connectivity index (χ0v) is 15.7. The second-order valence-electron chi connectivity index (χ2n) is 4.39. The summed E-state index contributed by atoms with van der Waals surface area (Å²) in [4.78, 5) is 0. The first-order chi connectivity index (χ1) is 9.93. The summed E-state index contributed by atoms with van der Waals surface area (Å²) in [6.45, 7) is 2.75. The van der Waals surface area contributed by atoms with Crippen LogP contribution in [0.1, 0.15) is 12.7 Å². The van der Waals surface area contributed by atoms with Gasteiger partial charge < -0.3 is 24.1 Å². The number of rotatable bonds is 11. The van der Waals surface area contributed by atoms with Gasteiger partial charge in [0.25, 0.3) is 0 Å². The minimum Gasteiger partial charge on any atom is -0.735 e. The molecule has 8 nitrogen and oxygen atoms in total. The molecular weight excluding hydrogens is 323 g/mol. The van der Waals surface area contributed by atoms with Gasteiger partial charge in [-0.1, -0.05) is 6.92 Å². The van der Waals surface area contributed by atoms with Crippen molar-refractivity contribution in [2.75, 3.05) is 32.8 Å². The van der Waals surface area contributed by atoms with Crippen LogP contribution in [0.2, 0.25) is 0 Å². The molecule has 2 N–H and O–H groups in total. The molecule has 0 radical (unpaired) electrons. The van der Waals surface area contributed by atoms with E-state index in [0.29, 0.717) is 24.0 Å². The summed E-state index contributed by atoms with van der Waals surface area (Å²) in [7, 11) is -4.53. The molecule has 0 aliphatic carbocycles. The topological polar surface area (TPSA) is 115 Å². The Bertz CT molecular complexity index is 482. The molecule has 122 valence electrons. The van der Waals surface area contributed by atoms with Crippen molar-refractivity contribution in [3.8, 4) is 0 Å². The molecule has 1 unspecified atom stereocenters. The van der Waals surface area contributed by atoms with Crippen molar-refractivity contribution in [1.29, 1.82) is 0 Å². The van der Waals surface area contributed by atoms with Crippen LogP contribution >= 0.6 is 0 Å². The quantitative estimate of drug-likeness (QED) is 0.243. The molecule has 0 bridgehead atoms. The maximum absolute atomic E-state index is 10.8. The van der Waals surface area contributed by atoms with Crippen molar-refractivity contribution < 1.29 is 56.8 Å². The van der Waals surface area contributed by atoms with E-state index in [2.05, 4.69) is 5.32 Å². The largest absolute Gasteiger partial charge is 1.00 e. The predicted octanol–water partition coefficient (Wildman–Crippen LogP) is -3.47. The molecule has 1 heterocycles. The van der Waals surface area contributed by atoms with E-state index in [9.17, 15) is 18.1 Å². The molecule has 0 saturated carbocycles. The standard InChI is InChI=1S/C12H22N2O6S.Na/c1-2-14(21(16,17)18)9-11(15)10-19-7-5-13-8-12-4-3-6-20-12;/h3-4,6,11,13,15H,2,5,7-10H2,1H3,(H,16,17,18);/q;+1/p-1. The number of likely N-dealkylation sites (N-methyl/N-ethyl adjacent to an activating group) is 1. The van der Waals surface area contributed by atoms with Gasteiger partial charge in [0, 0.05) is 19.6 Å². The Morgan fingerprint density at radius 2 is 2.27 bits per heavy atom. The van der Waals surface area contributed by atoms with Gasteiger partial charge in [-0.25, -0.2) is 12.7 Å². The molecule has 0 amide bonds. The number of nitrogens with zero attached hydrogens (tertiary/aromatic N) is 1. The van der Waals surface area contributed by atoms with Crippen molar-refractivity contribution in [2.45, 2.75) is 19.6 Å². The van der Waals surface area contributed by atoms with Gasteiger partial charge in [-0.3, -0.25) is 0 Å². The van der Waals surface area contributed by atoms with E-state index >= 15 is 0 Å². The van der Waals surface area contributed by atoms with Gasteiger partial charge in [-0.15, -0.1) is 0 Å². The minimum atomic E-state index is -4.53. The zero-order chi connectivity index (χ0) is 15.7. The van der Waals surface area contributed by atoms with Crippen LogP contribution in [0.5, 0.6) is 0 Å². The van der Waals surface area contributed by atoms with Gasteiger partial charge in [0.1, 0.15) is 5.76 Å². The van der Waals surface area contributed by atoms with Gasteiger partial charge in [-0.2, -0.15) is 0 Å². The first kappa shape index (κ1) is 22.0. The Balaban J connectivity index is 0.00000441. The van der Waals surface area contributed by atoms with Crippen LogP contribution < -0.4 is 34.9 Å². The second-order valence-corrected chi connectivity index (χ2v) is 5.77. The SMILES string of the molecule is CCN(CC(O)COCCNCc1ccco1)S(=O)(=O)[O-].[Na+]. The summed E-state index contributed by atoms with van der Waals surface area (Å²) in [6.07, 6.45) is 0.562. The van der Waals surface area contributed by atoms with E-state index < -0.39 is 16.4 Å². The molecule has 0 aliphatic rings. The van der Waals surface area contributed by atoms with Gasteiger partial charge >= 0.3 is 29.6 Å². The van der Waals surface area contributed by atoms with Gasteiger partial charge in [0.05, 0.1) is 32.1 Å². The first-order valence-electron chi connectivity index (χ1n) is 6.63. The van der Waals surface area contributed by atoms with Crippen LogP contribution in [-0.2, 0) is 21.6 Å². The zero-order valence-electron chi connectivity index (χ0n) is 12.9. The Labute approximate surface area is 153 Å². The van der Waals surface area contributed by atoms with E-state index in [1.165, 1.54) is 6.92 Å². The van der Waals surface area contributed by atoms with E-state index in [-0.39, 0.29) is 49.3 Å². The molecule has 10 heteroatoms. The number of aliphatic hydroxyl groups excluding tert-OH is 1. The van der Waals surface area contributed by atoms with E-state index in [1.54, 1.807) is 12.3 Å².